The molecule has 1 fully saturated rings. The van der Waals surface area contributed by atoms with E-state index in [1.54, 1.807) is 6.20 Å². The molecular formula is C20H21N5. The Bertz CT molecular complexity index is 769. The Morgan fingerprint density at radius 3 is 2.28 bits per heavy atom. The van der Waals surface area contributed by atoms with Crippen LogP contribution in [0.3, 0.4) is 0 Å². The molecule has 0 aliphatic carbocycles. The molecule has 3 aromatic rings. The maximum Gasteiger partial charge on any atom is 0.180 e. The molecule has 5 heteroatoms. The molecule has 1 saturated heterocycles. The summed E-state index contributed by atoms with van der Waals surface area (Å²) < 4.78 is 0. The predicted octanol–water partition coefficient (Wildman–Crippen LogP) is 2.96. The molecule has 0 amide bonds. The zero-order valence-electron chi connectivity index (χ0n) is 14.3. The van der Waals surface area contributed by atoms with Gasteiger partial charge in [0.05, 0.1) is 5.69 Å². The molecule has 4 rings (SSSR count). The van der Waals surface area contributed by atoms with Crippen LogP contribution in [0.5, 0.6) is 0 Å². The van der Waals surface area contributed by atoms with Gasteiger partial charge in [-0.15, -0.1) is 0 Å². The van der Waals surface area contributed by atoms with Gasteiger partial charge in [-0.25, -0.2) is 9.97 Å². The first-order chi connectivity index (χ1) is 12.3. The maximum absolute atomic E-state index is 4.81. The van der Waals surface area contributed by atoms with Crippen LogP contribution in [0.4, 0.5) is 5.82 Å². The van der Waals surface area contributed by atoms with Crippen molar-refractivity contribution >= 4 is 5.82 Å². The minimum absolute atomic E-state index is 0.677. The number of aromatic nitrogens is 3. The Labute approximate surface area is 148 Å². The van der Waals surface area contributed by atoms with E-state index in [0.29, 0.717) is 5.82 Å². The molecule has 0 atom stereocenters. The summed E-state index contributed by atoms with van der Waals surface area (Å²) in [6.45, 7) is 4.04. The molecule has 0 saturated carbocycles. The van der Waals surface area contributed by atoms with E-state index in [4.69, 9.17) is 9.97 Å². The Hall–Kier alpha value is -2.79. The number of rotatable bonds is 3. The smallest absolute Gasteiger partial charge is 0.180 e. The second kappa shape index (κ2) is 6.99. The molecule has 0 spiro atoms. The molecular weight excluding hydrogens is 310 g/mol. The van der Waals surface area contributed by atoms with Crippen LogP contribution in [-0.4, -0.2) is 53.1 Å². The largest absolute Gasteiger partial charge is 0.354 e. The number of piperazine rings is 1. The molecule has 3 heterocycles. The zero-order valence-corrected chi connectivity index (χ0v) is 14.3. The third-order valence-electron chi connectivity index (χ3n) is 4.50. The fraction of sp³-hybridized carbons (Fsp3) is 0.250. The summed E-state index contributed by atoms with van der Waals surface area (Å²) in [5.74, 6) is 1.65. The van der Waals surface area contributed by atoms with E-state index in [0.717, 1.165) is 48.9 Å². The molecule has 1 aliphatic heterocycles. The fourth-order valence-corrected chi connectivity index (χ4v) is 3.00. The van der Waals surface area contributed by atoms with Crippen molar-refractivity contribution in [3.8, 4) is 22.8 Å². The van der Waals surface area contributed by atoms with E-state index >= 15 is 0 Å². The number of benzene rings is 1. The SMILES string of the molecule is CN1CCN(c2cc(-c3ccccc3)nc(-c3ccccn3)n2)CC1. The van der Waals surface area contributed by atoms with Crippen molar-refractivity contribution in [2.24, 2.45) is 0 Å². The summed E-state index contributed by atoms with van der Waals surface area (Å²) in [5.41, 5.74) is 2.83. The van der Waals surface area contributed by atoms with Crippen LogP contribution in [0.15, 0.2) is 60.8 Å². The van der Waals surface area contributed by atoms with Crippen molar-refractivity contribution in [3.05, 3.63) is 60.8 Å². The lowest BCUT2D eigenvalue weighted by Crippen LogP contribution is -2.44. The van der Waals surface area contributed by atoms with E-state index in [1.807, 2.05) is 36.4 Å². The molecule has 0 N–H and O–H groups in total. The second-order valence-electron chi connectivity index (χ2n) is 6.31. The van der Waals surface area contributed by atoms with Crippen molar-refractivity contribution in [1.29, 1.82) is 0 Å². The predicted molar refractivity (Wildman–Crippen MR) is 100 cm³/mol. The van der Waals surface area contributed by atoms with Gasteiger partial charge >= 0.3 is 0 Å². The maximum atomic E-state index is 4.81. The van der Waals surface area contributed by atoms with Crippen molar-refractivity contribution in [1.82, 2.24) is 19.9 Å². The van der Waals surface area contributed by atoms with Gasteiger partial charge in [-0.2, -0.15) is 0 Å². The summed E-state index contributed by atoms with van der Waals surface area (Å²) in [6.07, 6.45) is 1.78. The summed E-state index contributed by atoms with van der Waals surface area (Å²) in [7, 11) is 2.16. The lowest BCUT2D eigenvalue weighted by atomic mass is 10.1. The van der Waals surface area contributed by atoms with Crippen LogP contribution in [0.25, 0.3) is 22.8 Å². The quantitative estimate of drug-likeness (QED) is 0.738. The monoisotopic (exact) mass is 331 g/mol. The highest BCUT2D eigenvalue weighted by molar-refractivity contribution is 5.66. The molecule has 0 radical (unpaired) electrons. The second-order valence-corrected chi connectivity index (χ2v) is 6.31. The van der Waals surface area contributed by atoms with E-state index in [-0.39, 0.29) is 0 Å². The Kier molecular flexibility index (Phi) is 4.39. The summed E-state index contributed by atoms with van der Waals surface area (Å²) >= 11 is 0. The van der Waals surface area contributed by atoms with E-state index in [9.17, 15) is 0 Å². The van der Waals surface area contributed by atoms with Crippen LogP contribution in [-0.2, 0) is 0 Å². The van der Waals surface area contributed by atoms with E-state index < -0.39 is 0 Å². The van der Waals surface area contributed by atoms with Crippen molar-refractivity contribution in [2.75, 3.05) is 38.1 Å². The molecule has 0 bridgehead atoms. The Balaban J connectivity index is 1.78. The third-order valence-corrected chi connectivity index (χ3v) is 4.50. The van der Waals surface area contributed by atoms with Crippen molar-refractivity contribution in [2.45, 2.75) is 0 Å². The molecule has 1 aromatic carbocycles. The number of likely N-dealkylation sites (N-methyl/N-ethyl adjacent to an activating group) is 1. The first-order valence-corrected chi connectivity index (χ1v) is 8.59. The fourth-order valence-electron chi connectivity index (χ4n) is 3.00. The summed E-state index contributed by atoms with van der Waals surface area (Å²) in [4.78, 5) is 18.7. The Morgan fingerprint density at radius 1 is 0.800 bits per heavy atom. The molecule has 1 aliphatic rings. The van der Waals surface area contributed by atoms with Gasteiger partial charge in [0.15, 0.2) is 5.82 Å². The average Bonchev–Trinajstić information content (AvgIpc) is 2.69. The normalized spacial score (nSPS) is 15.3. The minimum Gasteiger partial charge on any atom is -0.354 e. The molecule has 0 unspecified atom stereocenters. The summed E-state index contributed by atoms with van der Waals surface area (Å²) in [5, 5.41) is 0. The van der Waals surface area contributed by atoms with Gasteiger partial charge in [0, 0.05) is 44.0 Å². The molecule has 5 nitrogen and oxygen atoms in total. The van der Waals surface area contributed by atoms with Crippen molar-refractivity contribution in [3.63, 3.8) is 0 Å². The van der Waals surface area contributed by atoms with Crippen molar-refractivity contribution < 1.29 is 0 Å². The van der Waals surface area contributed by atoms with Crippen LogP contribution in [0.2, 0.25) is 0 Å². The van der Waals surface area contributed by atoms with Gasteiger partial charge in [0.2, 0.25) is 0 Å². The number of anilines is 1. The van der Waals surface area contributed by atoms with E-state index in [2.05, 4.69) is 40.0 Å². The first-order valence-electron chi connectivity index (χ1n) is 8.59. The lowest BCUT2D eigenvalue weighted by Gasteiger charge is -2.33. The van der Waals surface area contributed by atoms with E-state index in [1.165, 1.54) is 0 Å². The highest BCUT2D eigenvalue weighted by atomic mass is 15.3. The zero-order chi connectivity index (χ0) is 17.1. The summed E-state index contributed by atoms with van der Waals surface area (Å²) in [6, 6.07) is 18.2. The van der Waals surface area contributed by atoms with Gasteiger partial charge in [0.1, 0.15) is 11.5 Å². The lowest BCUT2D eigenvalue weighted by molar-refractivity contribution is 0.312. The van der Waals surface area contributed by atoms with Gasteiger partial charge in [-0.1, -0.05) is 36.4 Å². The minimum atomic E-state index is 0.677. The molecule has 25 heavy (non-hydrogen) atoms. The highest BCUT2D eigenvalue weighted by Gasteiger charge is 2.18. The van der Waals surface area contributed by atoms with Crippen LogP contribution in [0.1, 0.15) is 0 Å². The third kappa shape index (κ3) is 3.51. The first kappa shape index (κ1) is 15.7. The molecule has 126 valence electrons. The Morgan fingerprint density at radius 2 is 1.56 bits per heavy atom. The van der Waals surface area contributed by atoms with Gasteiger partial charge < -0.3 is 9.80 Å². The van der Waals surface area contributed by atoms with Gasteiger partial charge in [-0.05, 0) is 19.2 Å². The standard InChI is InChI=1S/C20H21N5/c1-24-11-13-25(14-12-24)19-15-18(16-7-3-2-4-8-16)22-20(23-19)17-9-5-6-10-21-17/h2-10,15H,11-14H2,1H3. The van der Waals surface area contributed by atoms with Gasteiger partial charge in [-0.3, -0.25) is 4.98 Å². The van der Waals surface area contributed by atoms with Crippen LogP contribution in [0, 0.1) is 0 Å². The van der Waals surface area contributed by atoms with Crippen LogP contribution < -0.4 is 4.90 Å². The number of hydrogen-bond acceptors (Lipinski definition) is 5. The van der Waals surface area contributed by atoms with Crippen LogP contribution >= 0.6 is 0 Å². The number of pyridine rings is 1. The number of hydrogen-bond donors (Lipinski definition) is 0. The highest BCUT2D eigenvalue weighted by Crippen LogP contribution is 2.25. The topological polar surface area (TPSA) is 45.2 Å². The molecule has 2 aromatic heterocycles. The number of nitrogens with zero attached hydrogens (tertiary/aromatic N) is 5. The van der Waals surface area contributed by atoms with Gasteiger partial charge in [0.25, 0.3) is 0 Å². The average molecular weight is 331 g/mol.